The normalized spacial score (nSPS) is 12.7. The molecular weight excluding hydrogens is 300 g/mol. The number of H-pyrrole nitrogens is 1. The summed E-state index contributed by atoms with van der Waals surface area (Å²) in [6.07, 6.45) is 2.72. The van der Waals surface area contributed by atoms with Crippen molar-refractivity contribution in [2.75, 3.05) is 10.6 Å². The van der Waals surface area contributed by atoms with E-state index in [9.17, 15) is 4.79 Å². The SMILES string of the molecule is O=c1[nH]c(Nc2ccc(Nc3ccccc3)cc2)nc2c1CCC2. The molecule has 0 saturated heterocycles. The molecule has 1 aromatic heterocycles. The molecule has 5 heteroatoms. The number of fused-ring (bicyclic) bond motifs is 1. The van der Waals surface area contributed by atoms with Gasteiger partial charge in [0.2, 0.25) is 5.95 Å². The Labute approximate surface area is 139 Å². The van der Waals surface area contributed by atoms with E-state index >= 15 is 0 Å². The Morgan fingerprint density at radius 1 is 0.833 bits per heavy atom. The summed E-state index contributed by atoms with van der Waals surface area (Å²) in [6.45, 7) is 0. The number of rotatable bonds is 4. The van der Waals surface area contributed by atoms with Gasteiger partial charge in [-0.25, -0.2) is 4.98 Å². The number of nitrogens with one attached hydrogen (secondary N) is 3. The second-order valence-corrected chi connectivity index (χ2v) is 5.89. The summed E-state index contributed by atoms with van der Waals surface area (Å²) in [7, 11) is 0. The van der Waals surface area contributed by atoms with Gasteiger partial charge in [0.05, 0.1) is 5.69 Å². The van der Waals surface area contributed by atoms with Crippen LogP contribution in [0, 0.1) is 0 Å². The van der Waals surface area contributed by atoms with Crippen LogP contribution in [0.3, 0.4) is 0 Å². The minimum atomic E-state index is -0.0256. The van der Waals surface area contributed by atoms with Crippen molar-refractivity contribution in [3.63, 3.8) is 0 Å². The highest BCUT2D eigenvalue weighted by atomic mass is 16.1. The Kier molecular flexibility index (Phi) is 3.75. The number of para-hydroxylation sites is 1. The number of hydrogen-bond donors (Lipinski definition) is 3. The molecule has 24 heavy (non-hydrogen) atoms. The predicted octanol–water partition coefficient (Wildman–Crippen LogP) is 3.75. The summed E-state index contributed by atoms with van der Waals surface area (Å²) >= 11 is 0. The third-order valence-corrected chi connectivity index (χ3v) is 4.15. The third kappa shape index (κ3) is 3.01. The maximum Gasteiger partial charge on any atom is 0.255 e. The quantitative estimate of drug-likeness (QED) is 0.685. The van der Waals surface area contributed by atoms with Crippen LogP contribution < -0.4 is 16.2 Å². The summed E-state index contributed by atoms with van der Waals surface area (Å²) in [5.41, 5.74) is 4.66. The molecule has 4 rings (SSSR count). The lowest BCUT2D eigenvalue weighted by Crippen LogP contribution is -2.16. The van der Waals surface area contributed by atoms with E-state index in [1.807, 2.05) is 54.6 Å². The molecule has 2 aromatic carbocycles. The first-order valence-electron chi connectivity index (χ1n) is 8.09. The van der Waals surface area contributed by atoms with Crippen molar-refractivity contribution in [2.45, 2.75) is 19.3 Å². The molecule has 0 amide bonds. The molecule has 3 N–H and O–H groups in total. The van der Waals surface area contributed by atoms with Crippen LogP contribution in [0.1, 0.15) is 17.7 Å². The van der Waals surface area contributed by atoms with E-state index in [0.717, 1.165) is 47.6 Å². The number of anilines is 4. The van der Waals surface area contributed by atoms with Crippen LogP contribution in [0.4, 0.5) is 23.0 Å². The Hall–Kier alpha value is -3.08. The average molecular weight is 318 g/mol. The molecule has 120 valence electrons. The Morgan fingerprint density at radius 2 is 1.50 bits per heavy atom. The van der Waals surface area contributed by atoms with Gasteiger partial charge in [-0.3, -0.25) is 9.78 Å². The highest BCUT2D eigenvalue weighted by molar-refractivity contribution is 5.64. The molecule has 1 aliphatic rings. The number of hydrogen-bond acceptors (Lipinski definition) is 4. The lowest BCUT2D eigenvalue weighted by atomic mass is 10.2. The Balaban J connectivity index is 1.50. The van der Waals surface area contributed by atoms with Gasteiger partial charge >= 0.3 is 0 Å². The first-order valence-corrected chi connectivity index (χ1v) is 8.09. The van der Waals surface area contributed by atoms with Crippen LogP contribution in [-0.2, 0) is 12.8 Å². The highest BCUT2D eigenvalue weighted by Crippen LogP contribution is 2.21. The number of benzene rings is 2. The molecule has 3 aromatic rings. The first kappa shape index (κ1) is 14.5. The van der Waals surface area contributed by atoms with Gasteiger partial charge in [-0.05, 0) is 55.7 Å². The number of aryl methyl sites for hydroxylation is 1. The molecule has 0 aliphatic heterocycles. The van der Waals surface area contributed by atoms with Gasteiger partial charge < -0.3 is 10.6 Å². The fraction of sp³-hybridized carbons (Fsp3) is 0.158. The second kappa shape index (κ2) is 6.20. The van der Waals surface area contributed by atoms with Crippen molar-refractivity contribution in [1.82, 2.24) is 9.97 Å². The van der Waals surface area contributed by atoms with E-state index < -0.39 is 0 Å². The zero-order chi connectivity index (χ0) is 16.4. The monoisotopic (exact) mass is 318 g/mol. The Bertz CT molecular complexity index is 901. The molecule has 5 nitrogen and oxygen atoms in total. The van der Waals surface area contributed by atoms with Crippen molar-refractivity contribution in [2.24, 2.45) is 0 Å². The molecule has 0 spiro atoms. The van der Waals surface area contributed by atoms with E-state index in [-0.39, 0.29) is 5.56 Å². The molecular formula is C19H18N4O. The number of aromatic nitrogens is 2. The molecule has 1 heterocycles. The Morgan fingerprint density at radius 3 is 2.25 bits per heavy atom. The van der Waals surface area contributed by atoms with Gasteiger partial charge in [0, 0.05) is 22.6 Å². The zero-order valence-corrected chi connectivity index (χ0v) is 13.2. The smallest absolute Gasteiger partial charge is 0.255 e. The second-order valence-electron chi connectivity index (χ2n) is 5.89. The summed E-state index contributed by atoms with van der Waals surface area (Å²) in [4.78, 5) is 19.4. The molecule has 0 unspecified atom stereocenters. The highest BCUT2D eigenvalue weighted by Gasteiger charge is 2.16. The van der Waals surface area contributed by atoms with E-state index in [0.29, 0.717) is 5.95 Å². The fourth-order valence-corrected chi connectivity index (χ4v) is 2.96. The van der Waals surface area contributed by atoms with Gasteiger partial charge in [-0.2, -0.15) is 0 Å². The van der Waals surface area contributed by atoms with Gasteiger partial charge in [0.15, 0.2) is 0 Å². The maximum absolute atomic E-state index is 12.0. The van der Waals surface area contributed by atoms with E-state index in [4.69, 9.17) is 0 Å². The van der Waals surface area contributed by atoms with Crippen molar-refractivity contribution < 1.29 is 0 Å². The maximum atomic E-state index is 12.0. The van der Waals surface area contributed by atoms with Crippen molar-refractivity contribution in [3.05, 3.63) is 76.2 Å². The minimum absolute atomic E-state index is 0.0256. The third-order valence-electron chi connectivity index (χ3n) is 4.15. The van der Waals surface area contributed by atoms with Crippen LogP contribution in [0.5, 0.6) is 0 Å². The van der Waals surface area contributed by atoms with Gasteiger partial charge in [-0.1, -0.05) is 18.2 Å². The van der Waals surface area contributed by atoms with E-state index in [2.05, 4.69) is 20.6 Å². The van der Waals surface area contributed by atoms with Gasteiger partial charge in [0.25, 0.3) is 5.56 Å². The molecule has 0 fully saturated rings. The summed E-state index contributed by atoms with van der Waals surface area (Å²) in [5.74, 6) is 0.504. The molecule has 0 bridgehead atoms. The summed E-state index contributed by atoms with van der Waals surface area (Å²) < 4.78 is 0. The summed E-state index contributed by atoms with van der Waals surface area (Å²) in [6, 6.07) is 17.9. The lowest BCUT2D eigenvalue weighted by Gasteiger charge is -2.09. The van der Waals surface area contributed by atoms with Crippen molar-refractivity contribution in [1.29, 1.82) is 0 Å². The number of aromatic amines is 1. The van der Waals surface area contributed by atoms with Crippen LogP contribution in [0.2, 0.25) is 0 Å². The minimum Gasteiger partial charge on any atom is -0.356 e. The zero-order valence-electron chi connectivity index (χ0n) is 13.2. The van der Waals surface area contributed by atoms with Crippen molar-refractivity contribution >= 4 is 23.0 Å². The van der Waals surface area contributed by atoms with Gasteiger partial charge in [0.1, 0.15) is 0 Å². The standard InChI is InChI=1S/C19H18N4O/c24-18-16-7-4-8-17(16)22-19(23-18)21-15-11-9-14(10-12-15)20-13-5-2-1-3-6-13/h1-3,5-6,9-12,20H,4,7-8H2,(H2,21,22,23,24). The lowest BCUT2D eigenvalue weighted by molar-refractivity contribution is 0.899. The van der Waals surface area contributed by atoms with E-state index in [1.165, 1.54) is 0 Å². The molecule has 0 saturated carbocycles. The van der Waals surface area contributed by atoms with Crippen LogP contribution in [0.15, 0.2) is 59.4 Å². The first-order chi connectivity index (χ1) is 11.8. The van der Waals surface area contributed by atoms with Crippen LogP contribution in [-0.4, -0.2) is 9.97 Å². The largest absolute Gasteiger partial charge is 0.356 e. The number of nitrogens with zero attached hydrogens (tertiary/aromatic N) is 1. The molecule has 0 atom stereocenters. The predicted molar refractivity (Wildman–Crippen MR) is 96.3 cm³/mol. The van der Waals surface area contributed by atoms with E-state index in [1.54, 1.807) is 0 Å². The molecule has 0 radical (unpaired) electrons. The average Bonchev–Trinajstić information content (AvgIpc) is 3.07. The topological polar surface area (TPSA) is 69.8 Å². The summed E-state index contributed by atoms with van der Waals surface area (Å²) in [5, 5.41) is 6.51. The van der Waals surface area contributed by atoms with Gasteiger partial charge in [-0.15, -0.1) is 0 Å². The van der Waals surface area contributed by atoms with Crippen molar-refractivity contribution in [3.8, 4) is 0 Å². The fourth-order valence-electron chi connectivity index (χ4n) is 2.96. The van der Waals surface area contributed by atoms with Crippen LogP contribution >= 0.6 is 0 Å². The molecule has 1 aliphatic carbocycles. The van der Waals surface area contributed by atoms with Crippen LogP contribution in [0.25, 0.3) is 0 Å².